The molecule has 2 heteroatoms. The van der Waals surface area contributed by atoms with Gasteiger partial charge < -0.3 is 5.32 Å². The second-order valence-electron chi connectivity index (χ2n) is 3.70. The molecule has 11 heavy (non-hydrogen) atoms. The minimum atomic E-state index is 0.215. The van der Waals surface area contributed by atoms with Gasteiger partial charge in [0.2, 0.25) is 5.91 Å². The summed E-state index contributed by atoms with van der Waals surface area (Å²) in [4.78, 5) is 11.1. The smallest absolute Gasteiger partial charge is 0.220 e. The van der Waals surface area contributed by atoms with E-state index in [0.29, 0.717) is 6.04 Å². The van der Waals surface area contributed by atoms with Gasteiger partial charge in [-0.1, -0.05) is 12.8 Å². The van der Waals surface area contributed by atoms with Gasteiger partial charge in [0, 0.05) is 12.5 Å². The van der Waals surface area contributed by atoms with Gasteiger partial charge >= 0.3 is 0 Å². The molecule has 1 amide bonds. The third-order valence-electron chi connectivity index (χ3n) is 1.93. The van der Waals surface area contributed by atoms with Crippen LogP contribution in [0.4, 0.5) is 0 Å². The summed E-state index contributed by atoms with van der Waals surface area (Å²) < 4.78 is 0. The van der Waals surface area contributed by atoms with E-state index in [1.54, 1.807) is 0 Å². The molecule has 0 bridgehead atoms. The molecule has 0 heterocycles. The Balaban J connectivity index is 2.00. The predicted molar refractivity (Wildman–Crippen MR) is 45.2 cm³/mol. The highest BCUT2D eigenvalue weighted by Crippen LogP contribution is 2.33. The standard InChI is InChI=1S/C9H17NO/c1-7(2)10-9(11)6-5-8-3-4-8/h7-8H,3-6H2,1-2H3,(H,10,11). The Labute approximate surface area is 68.4 Å². The van der Waals surface area contributed by atoms with Gasteiger partial charge in [0.1, 0.15) is 0 Å². The molecule has 0 radical (unpaired) electrons. The van der Waals surface area contributed by atoms with Gasteiger partial charge in [0.25, 0.3) is 0 Å². The first-order valence-electron chi connectivity index (χ1n) is 4.48. The summed E-state index contributed by atoms with van der Waals surface area (Å²) in [5.41, 5.74) is 0. The number of carbonyl (C=O) groups is 1. The molecule has 0 atom stereocenters. The second-order valence-corrected chi connectivity index (χ2v) is 3.70. The fourth-order valence-corrected chi connectivity index (χ4v) is 1.14. The second kappa shape index (κ2) is 3.74. The molecule has 0 spiro atoms. The average Bonchev–Trinajstić information content (AvgIpc) is 2.63. The Bertz CT molecular complexity index is 138. The summed E-state index contributed by atoms with van der Waals surface area (Å²) in [6.07, 6.45) is 4.51. The Morgan fingerprint density at radius 3 is 2.64 bits per heavy atom. The van der Waals surface area contributed by atoms with Crippen LogP contribution in [0.15, 0.2) is 0 Å². The van der Waals surface area contributed by atoms with Crippen LogP contribution >= 0.6 is 0 Å². The van der Waals surface area contributed by atoms with Crippen molar-refractivity contribution in [3.05, 3.63) is 0 Å². The average molecular weight is 155 g/mol. The van der Waals surface area contributed by atoms with Gasteiger partial charge in [-0.2, -0.15) is 0 Å². The summed E-state index contributed by atoms with van der Waals surface area (Å²) >= 11 is 0. The van der Waals surface area contributed by atoms with Gasteiger partial charge in [-0.15, -0.1) is 0 Å². The largest absolute Gasteiger partial charge is 0.354 e. The van der Waals surface area contributed by atoms with Crippen molar-refractivity contribution in [2.24, 2.45) is 5.92 Å². The minimum Gasteiger partial charge on any atom is -0.354 e. The summed E-state index contributed by atoms with van der Waals surface area (Å²) in [5.74, 6) is 1.08. The highest BCUT2D eigenvalue weighted by molar-refractivity contribution is 5.76. The maximum Gasteiger partial charge on any atom is 0.220 e. The number of hydrogen-bond donors (Lipinski definition) is 1. The van der Waals surface area contributed by atoms with Gasteiger partial charge in [0.15, 0.2) is 0 Å². The molecule has 1 rings (SSSR count). The first kappa shape index (κ1) is 8.57. The molecular formula is C9H17NO. The quantitative estimate of drug-likeness (QED) is 0.657. The Hall–Kier alpha value is -0.530. The van der Waals surface area contributed by atoms with Crippen molar-refractivity contribution in [1.29, 1.82) is 0 Å². The Morgan fingerprint density at radius 1 is 1.55 bits per heavy atom. The molecule has 0 aromatic rings. The molecule has 1 N–H and O–H groups in total. The van der Waals surface area contributed by atoms with E-state index >= 15 is 0 Å². The molecule has 2 nitrogen and oxygen atoms in total. The molecule has 1 saturated carbocycles. The lowest BCUT2D eigenvalue weighted by Gasteiger charge is -2.06. The van der Waals surface area contributed by atoms with Crippen molar-refractivity contribution in [3.8, 4) is 0 Å². The summed E-state index contributed by atoms with van der Waals surface area (Å²) in [6.45, 7) is 3.99. The topological polar surface area (TPSA) is 29.1 Å². The van der Waals surface area contributed by atoms with Crippen molar-refractivity contribution >= 4 is 5.91 Å². The lowest BCUT2D eigenvalue weighted by Crippen LogP contribution is -2.29. The van der Waals surface area contributed by atoms with Crippen molar-refractivity contribution in [2.75, 3.05) is 0 Å². The fourth-order valence-electron chi connectivity index (χ4n) is 1.14. The molecule has 1 aliphatic rings. The van der Waals surface area contributed by atoms with Crippen molar-refractivity contribution in [3.63, 3.8) is 0 Å². The van der Waals surface area contributed by atoms with E-state index in [4.69, 9.17) is 0 Å². The van der Waals surface area contributed by atoms with E-state index < -0.39 is 0 Å². The van der Waals surface area contributed by atoms with Crippen LogP contribution in [0.25, 0.3) is 0 Å². The summed E-state index contributed by atoms with van der Waals surface area (Å²) in [6, 6.07) is 0.293. The number of nitrogens with one attached hydrogen (secondary N) is 1. The number of carbonyl (C=O) groups excluding carboxylic acids is 1. The van der Waals surface area contributed by atoms with Crippen LogP contribution in [0.3, 0.4) is 0 Å². The van der Waals surface area contributed by atoms with E-state index in [9.17, 15) is 4.79 Å². The van der Waals surface area contributed by atoms with Crippen LogP contribution < -0.4 is 5.32 Å². The number of hydrogen-bond acceptors (Lipinski definition) is 1. The monoisotopic (exact) mass is 155 g/mol. The highest BCUT2D eigenvalue weighted by Gasteiger charge is 2.21. The summed E-state index contributed by atoms with van der Waals surface area (Å²) in [7, 11) is 0. The van der Waals surface area contributed by atoms with E-state index in [1.807, 2.05) is 13.8 Å². The van der Waals surface area contributed by atoms with Crippen LogP contribution in [0.1, 0.15) is 39.5 Å². The number of amides is 1. The third-order valence-corrected chi connectivity index (χ3v) is 1.93. The Morgan fingerprint density at radius 2 is 2.18 bits per heavy atom. The van der Waals surface area contributed by atoms with Crippen LogP contribution in [0.5, 0.6) is 0 Å². The van der Waals surface area contributed by atoms with E-state index in [1.165, 1.54) is 12.8 Å². The zero-order valence-electron chi connectivity index (χ0n) is 7.39. The SMILES string of the molecule is CC(C)NC(=O)CCC1CC1. The van der Waals surface area contributed by atoms with Crippen LogP contribution in [-0.2, 0) is 4.79 Å². The molecule has 0 aliphatic heterocycles. The highest BCUT2D eigenvalue weighted by atomic mass is 16.1. The molecule has 1 aliphatic carbocycles. The van der Waals surface area contributed by atoms with E-state index in [-0.39, 0.29) is 5.91 Å². The zero-order valence-corrected chi connectivity index (χ0v) is 7.39. The predicted octanol–water partition coefficient (Wildman–Crippen LogP) is 1.70. The van der Waals surface area contributed by atoms with Gasteiger partial charge in [-0.25, -0.2) is 0 Å². The van der Waals surface area contributed by atoms with E-state index in [0.717, 1.165) is 18.8 Å². The van der Waals surface area contributed by atoms with Gasteiger partial charge in [0.05, 0.1) is 0 Å². The first-order chi connectivity index (χ1) is 5.18. The molecule has 0 aromatic heterocycles. The third kappa shape index (κ3) is 4.02. The lowest BCUT2D eigenvalue weighted by atomic mass is 10.2. The molecule has 1 fully saturated rings. The molecule has 0 aromatic carbocycles. The lowest BCUT2D eigenvalue weighted by molar-refractivity contribution is -0.121. The molecule has 0 unspecified atom stereocenters. The Kier molecular flexibility index (Phi) is 2.92. The zero-order chi connectivity index (χ0) is 8.27. The van der Waals surface area contributed by atoms with Crippen LogP contribution in [-0.4, -0.2) is 11.9 Å². The molecule has 64 valence electrons. The van der Waals surface area contributed by atoms with Crippen molar-refractivity contribution in [1.82, 2.24) is 5.32 Å². The molecular weight excluding hydrogens is 138 g/mol. The summed E-state index contributed by atoms with van der Waals surface area (Å²) in [5, 5.41) is 2.89. The van der Waals surface area contributed by atoms with Gasteiger partial charge in [-0.3, -0.25) is 4.79 Å². The van der Waals surface area contributed by atoms with Crippen LogP contribution in [0.2, 0.25) is 0 Å². The van der Waals surface area contributed by atoms with Crippen molar-refractivity contribution in [2.45, 2.75) is 45.6 Å². The van der Waals surface area contributed by atoms with E-state index in [2.05, 4.69) is 5.32 Å². The fraction of sp³-hybridized carbons (Fsp3) is 0.889. The van der Waals surface area contributed by atoms with Crippen molar-refractivity contribution < 1.29 is 4.79 Å². The molecule has 0 saturated heterocycles. The maximum atomic E-state index is 11.1. The first-order valence-corrected chi connectivity index (χ1v) is 4.48. The van der Waals surface area contributed by atoms with Crippen LogP contribution in [0, 0.1) is 5.92 Å². The number of rotatable bonds is 4. The normalized spacial score (nSPS) is 17.0. The van der Waals surface area contributed by atoms with Gasteiger partial charge in [-0.05, 0) is 26.2 Å². The minimum absolute atomic E-state index is 0.215. The maximum absolute atomic E-state index is 11.1.